The van der Waals surface area contributed by atoms with Crippen molar-refractivity contribution in [1.29, 1.82) is 31.6 Å². The van der Waals surface area contributed by atoms with Gasteiger partial charge in [0, 0.05) is 115 Å². The number of hydrogen-bond acceptors (Lipinski definition) is 22. The van der Waals surface area contributed by atoms with E-state index < -0.39 is 85.5 Å². The number of nitro benzene ring substituents is 4. The average Bonchev–Trinajstić information content (AvgIpc) is 1.55. The molecule has 1 spiro atoms. The van der Waals surface area contributed by atoms with Gasteiger partial charge in [0.15, 0.2) is 24.8 Å². The van der Waals surface area contributed by atoms with Crippen LogP contribution in [0.25, 0.3) is 9.69 Å². The predicted molar refractivity (Wildman–Crippen MR) is 492 cm³/mol. The monoisotopic (exact) mass is 2030 g/mol. The second-order valence-corrected chi connectivity index (χ2v) is 37.3. The van der Waals surface area contributed by atoms with Crippen molar-refractivity contribution in [1.82, 2.24) is 0 Å². The van der Waals surface area contributed by atoms with Gasteiger partial charge in [-0.05, 0) is 230 Å². The molecule has 0 bridgehead atoms. The Labute approximate surface area is 855 Å². The first-order chi connectivity index (χ1) is 63.0. The summed E-state index contributed by atoms with van der Waals surface area (Å²) in [5.74, 6) is -7.44. The molecule has 42 heteroatoms. The van der Waals surface area contributed by atoms with E-state index in [-0.39, 0.29) is 134 Å². The molecule has 8 aromatic rings. The van der Waals surface area contributed by atoms with Crippen LogP contribution < -0.4 is 79.8 Å². The molecule has 708 valence electrons. The average molecular weight is 2040 g/mol. The molecule has 0 radical (unpaired) electrons. The number of carbonyl (C=O) groups is 3. The Hall–Kier alpha value is -11.9. The van der Waals surface area contributed by atoms with Crippen LogP contribution >= 0.6 is 28.1 Å². The Balaban J connectivity index is 0. The summed E-state index contributed by atoms with van der Waals surface area (Å²) in [5, 5.41) is 100. The molecule has 2 aliphatic carbocycles. The number of unbranched alkanes of at least 4 members (excludes halogenated alkanes) is 4. The Morgan fingerprint density at radius 2 is 0.956 bits per heavy atom. The van der Waals surface area contributed by atoms with E-state index in [4.69, 9.17) is 67.8 Å². The van der Waals surface area contributed by atoms with E-state index in [0.29, 0.717) is 171 Å². The number of thiocarbonyl (C=S) groups is 1. The van der Waals surface area contributed by atoms with Crippen molar-refractivity contribution in [3.63, 3.8) is 0 Å². The van der Waals surface area contributed by atoms with Crippen LogP contribution in [-0.4, -0.2) is 83.1 Å². The third-order valence-corrected chi connectivity index (χ3v) is 22.1. The molecule has 1 heterocycles. The molecule has 3 fully saturated rings. The Kier molecular flexibility index (Phi) is 56.5. The van der Waals surface area contributed by atoms with Crippen molar-refractivity contribution >= 4 is 105 Å². The number of nitrogens with two attached hydrogens (primary N) is 1. The van der Waals surface area contributed by atoms with Crippen molar-refractivity contribution in [3.8, 4) is 36.0 Å². The zero-order valence-electron chi connectivity index (χ0n) is 77.6. The molecular formula is C94H97BrF7FeN15Na2O14SSi. The molecule has 11 rings (SSSR count). The van der Waals surface area contributed by atoms with Crippen LogP contribution in [-0.2, 0) is 78.4 Å². The van der Waals surface area contributed by atoms with Crippen LogP contribution in [0.3, 0.4) is 0 Å². The molecule has 8 aromatic carbocycles. The van der Waals surface area contributed by atoms with E-state index in [9.17, 15) is 85.6 Å². The molecule has 0 aromatic heterocycles. The van der Waals surface area contributed by atoms with Gasteiger partial charge in [-0.25, -0.2) is 47.4 Å². The molecule has 0 unspecified atom stereocenters. The topological polar surface area (TPSA) is 449 Å². The number of hydrogen-bond donors (Lipinski definition) is 1. The number of amides is 1. The van der Waals surface area contributed by atoms with Gasteiger partial charge >= 0.3 is 71.1 Å². The van der Waals surface area contributed by atoms with E-state index in [1.54, 1.807) is 59.5 Å². The number of halogens is 8. The smallest absolute Gasteiger partial charge is 1.00 e. The number of rotatable bonds is 26. The minimum atomic E-state index is -1.61. The Morgan fingerprint density at radius 1 is 0.566 bits per heavy atom. The number of aryl methyl sites for hydroxylation is 5. The number of carbonyl (C=O) groups excluding carboxylic acids is 3. The van der Waals surface area contributed by atoms with Crippen LogP contribution in [0.5, 0.6) is 0 Å². The normalized spacial score (nSPS) is 12.1. The van der Waals surface area contributed by atoms with Crippen LogP contribution in [0.2, 0.25) is 19.6 Å². The Bertz CT molecular complexity index is 5850. The number of nitriles is 6. The summed E-state index contributed by atoms with van der Waals surface area (Å²) in [7, 11) is 1.48. The summed E-state index contributed by atoms with van der Waals surface area (Å²) in [6.07, 6.45) is 13.0. The number of anilines is 3. The molecule has 3 aliphatic rings. The zero-order valence-corrected chi connectivity index (χ0v) is 85.1. The first-order valence-corrected chi connectivity index (χ1v) is 45.6. The van der Waals surface area contributed by atoms with Crippen LogP contribution in [0.4, 0.5) is 76.2 Å². The summed E-state index contributed by atoms with van der Waals surface area (Å²) < 4.78 is 104. The fourth-order valence-corrected chi connectivity index (χ4v) is 13.7. The summed E-state index contributed by atoms with van der Waals surface area (Å²) in [4.78, 5) is 85.6. The maximum atomic E-state index is 14.8. The summed E-state index contributed by atoms with van der Waals surface area (Å²) >= 11 is 8.61. The maximum Gasteiger partial charge on any atom is 1.00 e. The third-order valence-electron chi connectivity index (χ3n) is 20.5. The Morgan fingerprint density at radius 3 is 1.32 bits per heavy atom. The van der Waals surface area contributed by atoms with Gasteiger partial charge < -0.3 is 31.5 Å². The fraction of sp³-hybridized carbons (Fsp3) is 0.362. The number of nitrogen functional groups attached to an aromatic ring is 1. The maximum absolute atomic E-state index is 14.8. The van der Waals surface area contributed by atoms with Crippen LogP contribution in [0.15, 0.2) is 150 Å². The van der Waals surface area contributed by atoms with E-state index in [2.05, 4.69) is 52.9 Å². The van der Waals surface area contributed by atoms with Gasteiger partial charge in [-0.2, -0.15) is 33.4 Å². The number of nitro groups is 4. The number of esters is 2. The number of nitrogens with zero attached hydrogens (tertiary/aromatic N) is 14. The van der Waals surface area contributed by atoms with Gasteiger partial charge in [0.05, 0.1) is 106 Å². The van der Waals surface area contributed by atoms with Crippen molar-refractivity contribution in [3.05, 3.63) is 299 Å². The quantitative estimate of drug-likeness (QED) is 0.00502. The number of non-ortho nitro benzene ring substituents is 4. The SMILES string of the molecule is CC(C)(CCC#N)c1ccc([N+](=O)[O-])cc1F.COC(=O)C(C(=O)OC)c1ccc([N+](=O)[O-])cc1F.C[O-].C[Si](C)(C)C#N.N#CCCCc1ccc(N)cc1F.N#CCCCc1ccc([N+](=O)[O-])cc1F.O=[N+]([O-])c1ccc(Br)c(F)c1.[C-]#[N+]C1(Cc2ccc(CCCC#N)c(F)c2)CCC1.[C-]#[N+]c1ccc(N2C(=O)C3(CCC3)N(c3ccc(CCCC#N)c(F)c3)C2=S)cc1C.[Fe].[H-].[Na+].[Na+]. The van der Waals surface area contributed by atoms with E-state index in [0.717, 1.165) is 88.5 Å². The number of ether oxygens (including phenoxy) is 2. The standard InChI is InChI=1S/C24H21FN4OS.C16H17FN2.C12H13FN2O2.C11H10FNO6.C10H9FN2O2.C10H11FN2.C6H3BrFNO2.C4H9NSi.CH3O.Fe.2Na.H/c1-16-14-18(9-10-21(16)27-2)28-22(30)24(11-5-12-24)29(23(28)31)19-8-7-17(20(25)15-19)6-3-4-13-26;1-19-16(8-4-9-16)12-13-6-7-14(15(17)11-13)5-2-3-10-18;1-12(2,6-3-7-14)10-5-4-9(15(16)17)8-11(10)13;1-18-10(14)9(11(15)19-2)7-4-3-6(13(16)17)5-8(7)12;11-10-7-9(13(14)15)5-4-8(10)3-1-2-6-12;11-10-7-9(13)5-4-8(10)3-1-2-6-12;7-5-2-1-4(9(10)11)3-6(5)8;1-6(2,3)4-5;1-2;;;;/h7-10,14-15H,3-6,11-12H2,1H3;6-7,11H,2-5,8-9,12H2;4-5,8H,3,6H2,1-2H3;3-5,9H,1-2H3;4-5,7H,1-3H2;4-5,7H,1-3,13H2;1-3H;1-3H3;1H3;;;;/q;;;;;;;;-1;;2*+1;-1. The molecule has 136 heavy (non-hydrogen) atoms. The van der Waals surface area contributed by atoms with Gasteiger partial charge in [-0.3, -0.25) is 59.7 Å². The van der Waals surface area contributed by atoms with Gasteiger partial charge in [-0.1, -0.05) is 63.8 Å². The van der Waals surface area contributed by atoms with Crippen LogP contribution in [0, 0.1) is 169 Å². The summed E-state index contributed by atoms with van der Waals surface area (Å²) in [5.41, 5.74) is 11.0. The first kappa shape index (κ1) is 124. The van der Waals surface area contributed by atoms with Crippen molar-refractivity contribution in [2.75, 3.05) is 36.9 Å². The van der Waals surface area contributed by atoms with Crippen LogP contribution in [0.1, 0.15) is 168 Å². The summed E-state index contributed by atoms with van der Waals surface area (Å²) in [6, 6.07) is 43.4. The van der Waals surface area contributed by atoms with Gasteiger partial charge in [0.2, 0.25) is 5.54 Å². The molecule has 1 aliphatic heterocycles. The molecular weight excluding hydrogens is 1940 g/mol. The first-order valence-electron chi connectivity index (χ1n) is 40.9. The molecule has 0 atom stereocenters. The zero-order chi connectivity index (χ0) is 100. The van der Waals surface area contributed by atoms with Crippen molar-refractivity contribution in [2.45, 2.75) is 198 Å². The fourth-order valence-electron chi connectivity index (χ4n) is 13.0. The minimum Gasteiger partial charge on any atom is -1.00 e. The second kappa shape index (κ2) is 61.9. The molecule has 29 nitrogen and oxygen atoms in total. The van der Waals surface area contributed by atoms with E-state index in [1.165, 1.54) is 53.4 Å². The van der Waals surface area contributed by atoms with Gasteiger partial charge in [-0.15, -0.1) is 0 Å². The summed E-state index contributed by atoms with van der Waals surface area (Å²) in [6.45, 7) is 26.0. The molecule has 2 N–H and O–H groups in total. The van der Waals surface area contributed by atoms with E-state index >= 15 is 0 Å². The number of methoxy groups -OCH3 is 2. The molecule has 1 saturated heterocycles. The third kappa shape index (κ3) is 38.3. The van der Waals surface area contributed by atoms with E-state index in [1.807, 2.05) is 64.7 Å². The second-order valence-electron chi connectivity index (χ2n) is 31.3. The van der Waals surface area contributed by atoms with Gasteiger partial charge in [0.25, 0.3) is 28.7 Å². The van der Waals surface area contributed by atoms with Crippen molar-refractivity contribution < 1.29 is 157 Å². The predicted octanol–water partition coefficient (Wildman–Crippen LogP) is 15.9. The minimum absolute atomic E-state index is 0. The van der Waals surface area contributed by atoms with Crippen molar-refractivity contribution in [2.24, 2.45) is 0 Å². The number of benzene rings is 8. The molecule has 1 amide bonds. The largest absolute Gasteiger partial charge is 1.00 e. The van der Waals surface area contributed by atoms with Gasteiger partial charge in [0.1, 0.15) is 46.3 Å². The molecule has 2 saturated carbocycles.